The number of anilines is 1. The number of rotatable bonds is 9. The molecule has 1 aliphatic heterocycles. The molecule has 0 aromatic heterocycles. The minimum Gasteiger partial charge on any atom is -0.493 e. The number of amides is 1. The largest absolute Gasteiger partial charge is 0.493 e. The Morgan fingerprint density at radius 2 is 1.68 bits per heavy atom. The van der Waals surface area contributed by atoms with Crippen LogP contribution < -0.4 is 29.5 Å². The van der Waals surface area contributed by atoms with Crippen molar-refractivity contribution in [1.82, 2.24) is 5.32 Å². The van der Waals surface area contributed by atoms with Crippen molar-refractivity contribution in [1.29, 1.82) is 0 Å². The van der Waals surface area contributed by atoms with E-state index in [-0.39, 0.29) is 18.6 Å². The van der Waals surface area contributed by atoms with E-state index in [1.54, 1.807) is 18.1 Å². The number of hydrogen-bond donors (Lipinski definition) is 3. The number of nitrogens with zero attached hydrogens (tertiary/aromatic N) is 1. The number of hydrogen-bond acceptors (Lipinski definition) is 4. The Morgan fingerprint density at radius 3 is 2.29 bits per heavy atom. The zero-order valence-corrected chi connectivity index (χ0v) is 19.1. The number of carbonyl (C=O) groups excluding carboxylic acids is 1. The topological polar surface area (TPSA) is 59.7 Å². The van der Waals surface area contributed by atoms with Crippen molar-refractivity contribution in [3.63, 3.8) is 0 Å². The average Bonchev–Trinajstić information content (AvgIpc) is 2.79. The third-order valence-corrected chi connectivity index (χ3v) is 5.98. The Morgan fingerprint density at radius 1 is 1.03 bits per heavy atom. The summed E-state index contributed by atoms with van der Waals surface area (Å²) >= 11 is 0. The first-order chi connectivity index (χ1) is 15.0. The molecule has 2 aromatic rings. The van der Waals surface area contributed by atoms with Crippen molar-refractivity contribution in [2.75, 3.05) is 72.5 Å². The molecule has 3 N–H and O–H groups in total. The Labute approximate surface area is 185 Å². The molecule has 7 nitrogen and oxygen atoms in total. The van der Waals surface area contributed by atoms with Gasteiger partial charge in [-0.2, -0.15) is 0 Å². The third kappa shape index (κ3) is 6.35. The summed E-state index contributed by atoms with van der Waals surface area (Å²) in [6, 6.07) is 16.3. The number of piperazine rings is 1. The lowest BCUT2D eigenvalue weighted by Crippen LogP contribution is -3.27. The van der Waals surface area contributed by atoms with E-state index in [1.807, 2.05) is 32.3 Å². The van der Waals surface area contributed by atoms with Crippen LogP contribution >= 0.6 is 0 Å². The lowest BCUT2D eigenvalue weighted by molar-refractivity contribution is -1.02. The minimum absolute atomic E-state index is 0.0329. The number of likely N-dealkylation sites (N-methyl/N-ethyl adjacent to an activating group) is 1. The Kier molecular flexibility index (Phi) is 8.14. The molecule has 0 spiro atoms. The second kappa shape index (κ2) is 11.0. The highest BCUT2D eigenvalue weighted by Crippen LogP contribution is 2.25. The predicted molar refractivity (Wildman–Crippen MR) is 122 cm³/mol. The van der Waals surface area contributed by atoms with Gasteiger partial charge in [-0.15, -0.1) is 0 Å². The van der Waals surface area contributed by atoms with Crippen LogP contribution in [0.15, 0.2) is 48.5 Å². The summed E-state index contributed by atoms with van der Waals surface area (Å²) in [6.45, 7) is 5.04. The van der Waals surface area contributed by atoms with Crippen molar-refractivity contribution in [2.24, 2.45) is 0 Å². The summed E-state index contributed by atoms with van der Waals surface area (Å²) in [5.74, 6) is 1.07. The van der Waals surface area contributed by atoms with Crippen molar-refractivity contribution in [3.05, 3.63) is 54.1 Å². The summed E-state index contributed by atoms with van der Waals surface area (Å²) < 4.78 is 11.0. The zero-order valence-electron chi connectivity index (χ0n) is 19.1. The Bertz CT molecular complexity index is 833. The third-order valence-electron chi connectivity index (χ3n) is 5.98. The summed E-state index contributed by atoms with van der Waals surface area (Å²) in [6.07, 6.45) is 0. The molecule has 1 fully saturated rings. The van der Waals surface area contributed by atoms with Crippen molar-refractivity contribution < 1.29 is 24.1 Å². The van der Waals surface area contributed by atoms with Crippen LogP contribution in [0.1, 0.15) is 11.6 Å². The number of nitrogens with one attached hydrogen (secondary N) is 3. The molecule has 31 heavy (non-hydrogen) atoms. The van der Waals surface area contributed by atoms with Crippen LogP contribution in [-0.2, 0) is 4.79 Å². The summed E-state index contributed by atoms with van der Waals surface area (Å²) in [7, 11) is 7.93. The van der Waals surface area contributed by atoms with Crippen LogP contribution in [0.3, 0.4) is 0 Å². The first kappa shape index (κ1) is 22.9. The summed E-state index contributed by atoms with van der Waals surface area (Å²) in [4.78, 5) is 17.7. The normalized spacial score (nSPS) is 19.4. The fraction of sp³-hybridized carbons (Fsp3) is 0.458. The highest BCUT2D eigenvalue weighted by atomic mass is 16.5. The molecule has 7 heteroatoms. The van der Waals surface area contributed by atoms with Crippen molar-refractivity contribution in [2.45, 2.75) is 6.04 Å². The van der Waals surface area contributed by atoms with Gasteiger partial charge in [-0.3, -0.25) is 4.79 Å². The number of methoxy groups -OCH3 is 1. The molecule has 1 heterocycles. The molecule has 1 atom stereocenters. The van der Waals surface area contributed by atoms with Gasteiger partial charge in [0.1, 0.15) is 32.2 Å². The predicted octanol–water partition coefficient (Wildman–Crippen LogP) is -0.589. The molecule has 3 rings (SSSR count). The van der Waals surface area contributed by atoms with Gasteiger partial charge in [0.15, 0.2) is 18.1 Å². The monoisotopic (exact) mass is 428 g/mol. The first-order valence-corrected chi connectivity index (χ1v) is 10.9. The Hall–Kier alpha value is -2.77. The Balaban J connectivity index is 1.63. The molecule has 0 radical (unpaired) electrons. The quantitative estimate of drug-likeness (QED) is 0.500. The van der Waals surface area contributed by atoms with E-state index in [0.717, 1.165) is 26.2 Å². The molecule has 1 aliphatic rings. The number of para-hydroxylation sites is 2. The standard InChI is InChI=1S/C24H34N4O3/c1-26(2)20-11-9-19(10-12-20)21(28-15-13-27(3)14-16-28)17-25-24(29)18-31-23-8-6-5-7-22(23)30-4/h5-12,21H,13-18H2,1-4H3,(H,25,29)/p+2/t21-/m0/s1. The molecule has 0 saturated carbocycles. The molecule has 0 unspecified atom stereocenters. The second-order valence-corrected chi connectivity index (χ2v) is 8.40. The van der Waals surface area contributed by atoms with Crippen LogP contribution in [0, 0.1) is 0 Å². The van der Waals surface area contributed by atoms with E-state index in [9.17, 15) is 4.79 Å². The zero-order chi connectivity index (χ0) is 22.2. The number of ether oxygens (including phenoxy) is 2. The lowest BCUT2D eigenvalue weighted by atomic mass is 10.0. The van der Waals surface area contributed by atoms with Gasteiger partial charge in [-0.25, -0.2) is 0 Å². The van der Waals surface area contributed by atoms with Gasteiger partial charge in [0.25, 0.3) is 5.91 Å². The van der Waals surface area contributed by atoms with Gasteiger partial charge < -0.3 is 29.5 Å². The van der Waals surface area contributed by atoms with Gasteiger partial charge in [0, 0.05) is 25.3 Å². The van der Waals surface area contributed by atoms with Gasteiger partial charge in [-0.1, -0.05) is 24.3 Å². The van der Waals surface area contributed by atoms with Gasteiger partial charge in [-0.05, 0) is 24.3 Å². The second-order valence-electron chi connectivity index (χ2n) is 8.40. The maximum Gasteiger partial charge on any atom is 0.258 e. The molecular formula is C24H36N4O3+2. The number of quaternary nitrogens is 2. The van der Waals surface area contributed by atoms with Crippen molar-refractivity contribution >= 4 is 11.6 Å². The van der Waals surface area contributed by atoms with Gasteiger partial charge >= 0.3 is 0 Å². The smallest absolute Gasteiger partial charge is 0.258 e. The highest BCUT2D eigenvalue weighted by molar-refractivity contribution is 5.77. The van der Waals surface area contributed by atoms with Crippen LogP contribution in [0.25, 0.3) is 0 Å². The number of carbonyl (C=O) groups is 1. The van der Waals surface area contributed by atoms with Gasteiger partial charge in [0.2, 0.25) is 0 Å². The lowest BCUT2D eigenvalue weighted by Gasteiger charge is -2.33. The van der Waals surface area contributed by atoms with Gasteiger partial charge in [0.05, 0.1) is 20.7 Å². The maximum absolute atomic E-state index is 12.5. The van der Waals surface area contributed by atoms with E-state index < -0.39 is 0 Å². The van der Waals surface area contributed by atoms with E-state index in [0.29, 0.717) is 18.0 Å². The molecule has 168 valence electrons. The highest BCUT2D eigenvalue weighted by Gasteiger charge is 2.29. The van der Waals surface area contributed by atoms with Crippen LogP contribution in [0.5, 0.6) is 11.5 Å². The van der Waals surface area contributed by atoms with Crippen molar-refractivity contribution in [3.8, 4) is 11.5 Å². The van der Waals surface area contributed by atoms with Crippen LogP contribution in [0.4, 0.5) is 5.69 Å². The minimum atomic E-state index is -0.125. The molecule has 1 amide bonds. The average molecular weight is 429 g/mol. The fourth-order valence-electron chi connectivity index (χ4n) is 4.00. The summed E-state index contributed by atoms with van der Waals surface area (Å²) in [5, 5.41) is 3.09. The molecular weight excluding hydrogens is 392 g/mol. The van der Waals surface area contributed by atoms with Crippen LogP contribution in [0.2, 0.25) is 0 Å². The van der Waals surface area contributed by atoms with E-state index in [1.165, 1.54) is 16.2 Å². The molecule has 1 saturated heterocycles. The fourth-order valence-corrected chi connectivity index (χ4v) is 4.00. The van der Waals surface area contributed by atoms with E-state index in [4.69, 9.17) is 9.47 Å². The molecule has 0 bridgehead atoms. The SMILES string of the molecule is COc1ccccc1OCC(=O)NC[C@@H](c1ccc(N(C)C)cc1)[NH+]1CC[NH+](C)CC1. The van der Waals surface area contributed by atoms with E-state index in [2.05, 4.69) is 41.5 Å². The maximum atomic E-state index is 12.5. The molecule has 0 aliphatic carbocycles. The molecule has 2 aromatic carbocycles. The number of benzene rings is 2. The summed E-state index contributed by atoms with van der Waals surface area (Å²) in [5.41, 5.74) is 2.43. The first-order valence-electron chi connectivity index (χ1n) is 10.9. The van der Waals surface area contributed by atoms with Crippen LogP contribution in [-0.4, -0.2) is 73.5 Å². The van der Waals surface area contributed by atoms with E-state index >= 15 is 0 Å².